The van der Waals surface area contributed by atoms with Gasteiger partial charge in [-0.25, -0.2) is 4.98 Å². The SMILES string of the molecule is COc1nc2ccccc2cc1[C@H](C)O. The standard InChI is InChI=1S/C12H13NO2/c1-8(14)10-7-9-5-3-4-6-11(9)13-12(10)15-2/h3-8,14H,1-2H3/t8-/m0/s1. The first-order valence-corrected chi connectivity index (χ1v) is 4.84. The van der Waals surface area contributed by atoms with Crippen LogP contribution in [0.2, 0.25) is 0 Å². The molecule has 0 aliphatic heterocycles. The average Bonchev–Trinajstić information content (AvgIpc) is 2.27. The van der Waals surface area contributed by atoms with E-state index in [-0.39, 0.29) is 0 Å². The maximum atomic E-state index is 9.58. The molecule has 1 heterocycles. The third-order valence-electron chi connectivity index (χ3n) is 2.36. The molecule has 0 aliphatic carbocycles. The van der Waals surface area contributed by atoms with Gasteiger partial charge in [-0.2, -0.15) is 0 Å². The lowest BCUT2D eigenvalue weighted by Gasteiger charge is -2.11. The summed E-state index contributed by atoms with van der Waals surface area (Å²) in [6.45, 7) is 1.70. The molecule has 3 heteroatoms. The van der Waals surface area contributed by atoms with E-state index in [9.17, 15) is 5.11 Å². The molecular formula is C12H13NO2. The molecule has 0 aliphatic rings. The van der Waals surface area contributed by atoms with E-state index in [1.807, 2.05) is 30.3 Å². The number of aliphatic hydroxyl groups is 1. The molecule has 0 radical (unpaired) electrons. The summed E-state index contributed by atoms with van der Waals surface area (Å²) >= 11 is 0. The third-order valence-corrected chi connectivity index (χ3v) is 2.36. The predicted molar refractivity (Wildman–Crippen MR) is 58.9 cm³/mol. The van der Waals surface area contributed by atoms with Crippen molar-refractivity contribution < 1.29 is 9.84 Å². The molecule has 0 fully saturated rings. The maximum Gasteiger partial charge on any atom is 0.219 e. The molecule has 0 unspecified atom stereocenters. The molecule has 2 rings (SSSR count). The van der Waals surface area contributed by atoms with Gasteiger partial charge in [0, 0.05) is 10.9 Å². The van der Waals surface area contributed by atoms with Crippen molar-refractivity contribution in [2.24, 2.45) is 0 Å². The van der Waals surface area contributed by atoms with Gasteiger partial charge in [0.15, 0.2) is 0 Å². The minimum absolute atomic E-state index is 0.490. The molecule has 1 aromatic carbocycles. The lowest BCUT2D eigenvalue weighted by Crippen LogP contribution is -1.99. The molecule has 0 bridgehead atoms. The summed E-state index contributed by atoms with van der Waals surface area (Å²) in [5.41, 5.74) is 1.59. The second-order valence-electron chi connectivity index (χ2n) is 3.46. The van der Waals surface area contributed by atoms with Gasteiger partial charge in [-0.15, -0.1) is 0 Å². The van der Waals surface area contributed by atoms with Crippen LogP contribution in [-0.2, 0) is 0 Å². The number of ether oxygens (including phenoxy) is 1. The zero-order chi connectivity index (χ0) is 10.8. The molecule has 15 heavy (non-hydrogen) atoms. The van der Waals surface area contributed by atoms with Crippen LogP contribution < -0.4 is 4.74 Å². The Labute approximate surface area is 88.3 Å². The summed E-state index contributed by atoms with van der Waals surface area (Å²) in [5.74, 6) is 0.490. The Morgan fingerprint density at radius 1 is 1.33 bits per heavy atom. The van der Waals surface area contributed by atoms with Crippen molar-refractivity contribution in [1.29, 1.82) is 0 Å². The number of nitrogens with zero attached hydrogens (tertiary/aromatic N) is 1. The predicted octanol–water partition coefficient (Wildman–Crippen LogP) is 2.30. The monoisotopic (exact) mass is 203 g/mol. The van der Waals surface area contributed by atoms with Gasteiger partial charge in [0.25, 0.3) is 0 Å². The highest BCUT2D eigenvalue weighted by Crippen LogP contribution is 2.26. The fourth-order valence-electron chi connectivity index (χ4n) is 1.58. The van der Waals surface area contributed by atoms with E-state index >= 15 is 0 Å². The van der Waals surface area contributed by atoms with E-state index in [1.54, 1.807) is 14.0 Å². The molecule has 1 atom stereocenters. The smallest absolute Gasteiger partial charge is 0.219 e. The fraction of sp³-hybridized carbons (Fsp3) is 0.250. The Kier molecular flexibility index (Phi) is 2.56. The highest BCUT2D eigenvalue weighted by atomic mass is 16.5. The molecule has 1 aromatic heterocycles. The number of para-hydroxylation sites is 1. The van der Waals surface area contributed by atoms with E-state index < -0.39 is 6.10 Å². The first kappa shape index (κ1) is 9.93. The molecule has 1 N–H and O–H groups in total. The van der Waals surface area contributed by atoms with Crippen molar-refractivity contribution in [2.45, 2.75) is 13.0 Å². The Morgan fingerprint density at radius 3 is 2.73 bits per heavy atom. The summed E-state index contributed by atoms with van der Waals surface area (Å²) in [7, 11) is 1.56. The first-order valence-electron chi connectivity index (χ1n) is 4.84. The van der Waals surface area contributed by atoms with Crippen LogP contribution in [0.5, 0.6) is 5.88 Å². The van der Waals surface area contributed by atoms with Gasteiger partial charge in [0.1, 0.15) is 0 Å². The summed E-state index contributed by atoms with van der Waals surface area (Å²) < 4.78 is 5.14. The number of methoxy groups -OCH3 is 1. The van der Waals surface area contributed by atoms with Crippen LogP contribution in [0.4, 0.5) is 0 Å². The highest BCUT2D eigenvalue weighted by molar-refractivity contribution is 5.80. The maximum absolute atomic E-state index is 9.58. The van der Waals surface area contributed by atoms with Crippen LogP contribution in [0, 0.1) is 0 Å². The summed E-state index contributed by atoms with van der Waals surface area (Å²) in [4.78, 5) is 4.33. The largest absolute Gasteiger partial charge is 0.481 e. The zero-order valence-electron chi connectivity index (χ0n) is 8.77. The molecule has 0 saturated carbocycles. The van der Waals surface area contributed by atoms with Crippen molar-refractivity contribution >= 4 is 10.9 Å². The number of rotatable bonds is 2. The number of pyridine rings is 1. The van der Waals surface area contributed by atoms with Gasteiger partial charge in [0.05, 0.1) is 18.7 Å². The van der Waals surface area contributed by atoms with Crippen molar-refractivity contribution in [3.63, 3.8) is 0 Å². The van der Waals surface area contributed by atoms with Gasteiger partial charge in [-0.3, -0.25) is 0 Å². The topological polar surface area (TPSA) is 42.4 Å². The van der Waals surface area contributed by atoms with E-state index in [1.165, 1.54) is 0 Å². The Hall–Kier alpha value is -1.61. The molecule has 3 nitrogen and oxygen atoms in total. The van der Waals surface area contributed by atoms with Crippen LogP contribution >= 0.6 is 0 Å². The van der Waals surface area contributed by atoms with Gasteiger partial charge < -0.3 is 9.84 Å². The van der Waals surface area contributed by atoms with Crippen molar-refractivity contribution in [2.75, 3.05) is 7.11 Å². The number of aliphatic hydroxyl groups excluding tert-OH is 1. The highest BCUT2D eigenvalue weighted by Gasteiger charge is 2.11. The number of fused-ring (bicyclic) bond motifs is 1. The molecule has 0 spiro atoms. The Bertz CT molecular complexity index is 480. The lowest BCUT2D eigenvalue weighted by molar-refractivity contribution is 0.193. The third kappa shape index (κ3) is 1.78. The van der Waals surface area contributed by atoms with Crippen LogP contribution in [0.1, 0.15) is 18.6 Å². The van der Waals surface area contributed by atoms with E-state index in [4.69, 9.17) is 4.74 Å². The van der Waals surface area contributed by atoms with E-state index in [0.29, 0.717) is 5.88 Å². The second kappa shape index (κ2) is 3.87. The fourth-order valence-corrected chi connectivity index (χ4v) is 1.58. The van der Waals surface area contributed by atoms with Gasteiger partial charge in [-0.05, 0) is 19.1 Å². The molecule has 78 valence electrons. The van der Waals surface area contributed by atoms with Crippen molar-refractivity contribution in [1.82, 2.24) is 4.98 Å². The van der Waals surface area contributed by atoms with Gasteiger partial charge >= 0.3 is 0 Å². The first-order chi connectivity index (χ1) is 7.22. The Balaban J connectivity index is 2.69. The number of hydrogen-bond acceptors (Lipinski definition) is 3. The number of aromatic nitrogens is 1. The van der Waals surface area contributed by atoms with Crippen molar-refractivity contribution in [3.05, 3.63) is 35.9 Å². The number of hydrogen-bond donors (Lipinski definition) is 1. The number of benzene rings is 1. The van der Waals surface area contributed by atoms with E-state index in [0.717, 1.165) is 16.5 Å². The molecule has 0 amide bonds. The molecular weight excluding hydrogens is 190 g/mol. The zero-order valence-corrected chi connectivity index (χ0v) is 8.77. The second-order valence-corrected chi connectivity index (χ2v) is 3.46. The van der Waals surface area contributed by atoms with E-state index in [2.05, 4.69) is 4.98 Å². The van der Waals surface area contributed by atoms with Crippen molar-refractivity contribution in [3.8, 4) is 5.88 Å². The van der Waals surface area contributed by atoms with Crippen LogP contribution in [0.15, 0.2) is 30.3 Å². The van der Waals surface area contributed by atoms with Gasteiger partial charge in [0.2, 0.25) is 5.88 Å². The summed E-state index contributed by atoms with van der Waals surface area (Å²) in [5, 5.41) is 10.6. The molecule has 0 saturated heterocycles. The van der Waals surface area contributed by atoms with Crippen LogP contribution in [-0.4, -0.2) is 17.2 Å². The lowest BCUT2D eigenvalue weighted by atomic mass is 10.1. The van der Waals surface area contributed by atoms with Crippen LogP contribution in [0.3, 0.4) is 0 Å². The Morgan fingerprint density at radius 2 is 2.07 bits per heavy atom. The molecule has 2 aromatic rings. The minimum Gasteiger partial charge on any atom is -0.481 e. The normalized spacial score (nSPS) is 12.7. The van der Waals surface area contributed by atoms with Crippen LogP contribution in [0.25, 0.3) is 10.9 Å². The van der Waals surface area contributed by atoms with Gasteiger partial charge in [-0.1, -0.05) is 18.2 Å². The minimum atomic E-state index is -0.572. The summed E-state index contributed by atoms with van der Waals surface area (Å²) in [6.07, 6.45) is -0.572. The average molecular weight is 203 g/mol. The summed E-state index contributed by atoms with van der Waals surface area (Å²) in [6, 6.07) is 9.67. The quantitative estimate of drug-likeness (QED) is 0.814.